The summed E-state index contributed by atoms with van der Waals surface area (Å²) in [5, 5.41) is 6.78. The van der Waals surface area contributed by atoms with Crippen molar-refractivity contribution in [1.29, 1.82) is 0 Å². The number of nitrogens with one attached hydrogen (secondary N) is 1. The van der Waals surface area contributed by atoms with Crippen molar-refractivity contribution in [2.24, 2.45) is 0 Å². The van der Waals surface area contributed by atoms with Gasteiger partial charge in [-0.15, -0.1) is 0 Å². The summed E-state index contributed by atoms with van der Waals surface area (Å²) in [4.78, 5) is 3.95. The van der Waals surface area contributed by atoms with Crippen molar-refractivity contribution in [3.05, 3.63) is 53.6 Å². The van der Waals surface area contributed by atoms with Crippen LogP contribution in [-0.2, 0) is 0 Å². The summed E-state index contributed by atoms with van der Waals surface area (Å²) < 4.78 is 14.2. The Bertz CT molecular complexity index is 755. The van der Waals surface area contributed by atoms with Crippen molar-refractivity contribution in [3.8, 4) is 22.4 Å². The first-order chi connectivity index (χ1) is 9.68. The van der Waals surface area contributed by atoms with Gasteiger partial charge in [-0.05, 0) is 29.8 Å². The van der Waals surface area contributed by atoms with Crippen molar-refractivity contribution in [1.82, 2.24) is 15.2 Å². The van der Waals surface area contributed by atoms with Gasteiger partial charge >= 0.3 is 0 Å². The molecule has 20 heavy (non-hydrogen) atoms. The van der Waals surface area contributed by atoms with Crippen molar-refractivity contribution >= 4 is 17.4 Å². The molecule has 1 aromatic carbocycles. The third-order valence-electron chi connectivity index (χ3n) is 2.98. The number of anilines is 1. The minimum atomic E-state index is -0.506. The fraction of sp³-hybridized carbons (Fsp3) is 0. The molecule has 0 spiro atoms. The second-order valence-electron chi connectivity index (χ2n) is 4.20. The zero-order valence-electron chi connectivity index (χ0n) is 10.3. The van der Waals surface area contributed by atoms with Gasteiger partial charge in [0.25, 0.3) is 0 Å². The van der Waals surface area contributed by atoms with E-state index < -0.39 is 5.82 Å². The van der Waals surface area contributed by atoms with Crippen LogP contribution in [0.5, 0.6) is 0 Å². The number of benzene rings is 1. The summed E-state index contributed by atoms with van der Waals surface area (Å²) in [5.41, 5.74) is 8.14. The molecule has 0 saturated carbocycles. The molecule has 0 aliphatic heterocycles. The number of H-pyrrole nitrogens is 1. The molecule has 0 atom stereocenters. The molecular formula is C14H10ClFN4. The van der Waals surface area contributed by atoms with Crippen molar-refractivity contribution in [2.45, 2.75) is 0 Å². The number of hydrogen-bond acceptors (Lipinski definition) is 3. The fourth-order valence-electron chi connectivity index (χ4n) is 2.06. The standard InChI is InChI=1S/C14H10ClFN4/c15-10-3-1-2-9(12(10)16)13-11(14(17)20-19-13)8-4-6-18-7-5-8/h1-7H,(H3,17,19,20). The minimum absolute atomic E-state index is 0.0522. The van der Waals surface area contributed by atoms with E-state index in [0.29, 0.717) is 22.6 Å². The Hall–Kier alpha value is -2.40. The largest absolute Gasteiger partial charge is 0.382 e. The van der Waals surface area contributed by atoms with E-state index in [1.165, 1.54) is 6.07 Å². The quantitative estimate of drug-likeness (QED) is 0.758. The van der Waals surface area contributed by atoms with Crippen LogP contribution in [0.2, 0.25) is 5.02 Å². The molecule has 2 heterocycles. The molecule has 3 N–H and O–H groups in total. The maximum atomic E-state index is 14.2. The minimum Gasteiger partial charge on any atom is -0.382 e. The highest BCUT2D eigenvalue weighted by Crippen LogP contribution is 2.36. The maximum absolute atomic E-state index is 14.2. The van der Waals surface area contributed by atoms with Gasteiger partial charge in [-0.1, -0.05) is 17.7 Å². The van der Waals surface area contributed by atoms with Gasteiger partial charge in [-0.25, -0.2) is 4.39 Å². The predicted octanol–water partition coefficient (Wildman–Crippen LogP) is 3.51. The average Bonchev–Trinajstić information content (AvgIpc) is 2.84. The number of pyridine rings is 1. The molecule has 0 fully saturated rings. The lowest BCUT2D eigenvalue weighted by molar-refractivity contribution is 0.631. The highest BCUT2D eigenvalue weighted by Gasteiger charge is 2.18. The first kappa shape index (κ1) is 12.6. The van der Waals surface area contributed by atoms with Crippen LogP contribution in [0.25, 0.3) is 22.4 Å². The molecule has 0 saturated heterocycles. The highest BCUT2D eigenvalue weighted by molar-refractivity contribution is 6.31. The highest BCUT2D eigenvalue weighted by atomic mass is 35.5. The Labute approximate surface area is 119 Å². The molecule has 0 amide bonds. The summed E-state index contributed by atoms with van der Waals surface area (Å²) in [5.74, 6) is -0.210. The van der Waals surface area contributed by atoms with E-state index >= 15 is 0 Å². The summed E-state index contributed by atoms with van der Waals surface area (Å²) >= 11 is 5.82. The zero-order chi connectivity index (χ0) is 14.1. The first-order valence-electron chi connectivity index (χ1n) is 5.87. The molecule has 0 aliphatic rings. The van der Waals surface area contributed by atoms with Crippen LogP contribution in [0.15, 0.2) is 42.7 Å². The second kappa shape index (κ2) is 4.94. The number of nitrogens with zero attached hydrogens (tertiary/aromatic N) is 2. The van der Waals surface area contributed by atoms with Crippen molar-refractivity contribution < 1.29 is 4.39 Å². The second-order valence-corrected chi connectivity index (χ2v) is 4.60. The van der Waals surface area contributed by atoms with Crippen LogP contribution in [0.4, 0.5) is 10.2 Å². The van der Waals surface area contributed by atoms with Crippen LogP contribution in [0.3, 0.4) is 0 Å². The van der Waals surface area contributed by atoms with E-state index in [-0.39, 0.29) is 5.02 Å². The monoisotopic (exact) mass is 288 g/mol. The van der Waals surface area contributed by atoms with Gasteiger partial charge in [0.05, 0.1) is 16.3 Å². The molecular weight excluding hydrogens is 279 g/mol. The van der Waals surface area contributed by atoms with E-state index in [1.807, 2.05) is 0 Å². The maximum Gasteiger partial charge on any atom is 0.153 e. The van der Waals surface area contributed by atoms with Gasteiger partial charge in [0, 0.05) is 18.0 Å². The van der Waals surface area contributed by atoms with Crippen molar-refractivity contribution in [3.63, 3.8) is 0 Å². The molecule has 4 nitrogen and oxygen atoms in total. The molecule has 0 radical (unpaired) electrons. The molecule has 3 aromatic rings. The van der Waals surface area contributed by atoms with Gasteiger partial charge in [-0.2, -0.15) is 5.10 Å². The van der Waals surface area contributed by atoms with Gasteiger partial charge in [0.15, 0.2) is 11.6 Å². The number of aromatic nitrogens is 3. The summed E-state index contributed by atoms with van der Waals surface area (Å²) in [7, 11) is 0. The normalized spacial score (nSPS) is 10.7. The number of halogens is 2. The molecule has 3 rings (SSSR count). The van der Waals surface area contributed by atoms with Crippen LogP contribution in [0, 0.1) is 5.82 Å². The number of nitrogen functional groups attached to an aromatic ring is 1. The molecule has 0 unspecified atom stereocenters. The third-order valence-corrected chi connectivity index (χ3v) is 3.28. The Kier molecular flexibility index (Phi) is 3.12. The molecule has 6 heteroatoms. The lowest BCUT2D eigenvalue weighted by atomic mass is 10.0. The molecule has 2 aromatic heterocycles. The molecule has 0 aliphatic carbocycles. The van der Waals surface area contributed by atoms with Gasteiger partial charge in [0.1, 0.15) is 0 Å². The SMILES string of the molecule is Nc1n[nH]c(-c2cccc(Cl)c2F)c1-c1ccncc1. The number of rotatable bonds is 2. The summed E-state index contributed by atoms with van der Waals surface area (Å²) in [6.07, 6.45) is 3.28. The lowest BCUT2D eigenvalue weighted by Crippen LogP contribution is -1.91. The number of hydrogen-bond donors (Lipinski definition) is 2. The van der Waals surface area contributed by atoms with Crippen LogP contribution in [0.1, 0.15) is 0 Å². The Morgan fingerprint density at radius 1 is 1.15 bits per heavy atom. The van der Waals surface area contributed by atoms with E-state index in [1.54, 1.807) is 36.7 Å². The van der Waals surface area contributed by atoms with Crippen molar-refractivity contribution in [2.75, 3.05) is 5.73 Å². The van der Waals surface area contributed by atoms with E-state index in [4.69, 9.17) is 17.3 Å². The van der Waals surface area contributed by atoms with Crippen LogP contribution < -0.4 is 5.73 Å². The number of aromatic amines is 1. The van der Waals surface area contributed by atoms with E-state index in [9.17, 15) is 4.39 Å². The predicted molar refractivity (Wildman–Crippen MR) is 76.6 cm³/mol. The Morgan fingerprint density at radius 2 is 1.90 bits per heavy atom. The van der Waals surface area contributed by atoms with Gasteiger partial charge in [0.2, 0.25) is 0 Å². The molecule has 100 valence electrons. The average molecular weight is 289 g/mol. The zero-order valence-corrected chi connectivity index (χ0v) is 11.0. The summed E-state index contributed by atoms with van der Waals surface area (Å²) in [6.45, 7) is 0. The summed E-state index contributed by atoms with van der Waals surface area (Å²) in [6, 6.07) is 8.36. The topological polar surface area (TPSA) is 67.6 Å². The first-order valence-corrected chi connectivity index (χ1v) is 6.25. The van der Waals surface area contributed by atoms with Gasteiger partial charge < -0.3 is 5.73 Å². The number of nitrogens with two attached hydrogens (primary N) is 1. The van der Waals surface area contributed by atoms with E-state index in [2.05, 4.69) is 15.2 Å². The Morgan fingerprint density at radius 3 is 2.65 bits per heavy atom. The third kappa shape index (κ3) is 2.02. The van der Waals surface area contributed by atoms with E-state index in [0.717, 1.165) is 5.56 Å². The smallest absolute Gasteiger partial charge is 0.153 e. The van der Waals surface area contributed by atoms with Crippen LogP contribution >= 0.6 is 11.6 Å². The molecule has 0 bridgehead atoms. The van der Waals surface area contributed by atoms with Crippen LogP contribution in [-0.4, -0.2) is 15.2 Å². The van der Waals surface area contributed by atoms with Gasteiger partial charge in [-0.3, -0.25) is 10.1 Å². The fourth-order valence-corrected chi connectivity index (χ4v) is 2.23. The lowest BCUT2D eigenvalue weighted by Gasteiger charge is -2.06. The Balaban J connectivity index is 2.24.